The summed E-state index contributed by atoms with van der Waals surface area (Å²) in [6.45, 7) is 3.83. The second-order valence-corrected chi connectivity index (χ2v) is 10.3. The third kappa shape index (κ3) is 5.54. The van der Waals surface area contributed by atoms with Gasteiger partial charge in [-0.1, -0.05) is 0 Å². The minimum absolute atomic E-state index is 0.0176. The molecule has 1 saturated carbocycles. The summed E-state index contributed by atoms with van der Waals surface area (Å²) in [6.07, 6.45) is 1.50. The third-order valence-corrected chi connectivity index (χ3v) is 7.35. The SMILES string of the molecule is CC(C)S(=O)(=O)N[C@H]1CC[C@H](CNc2ccc(-n3cccn3)c(C(F)(F)F)c2)CC1. The van der Waals surface area contributed by atoms with Gasteiger partial charge in [0.15, 0.2) is 0 Å². The summed E-state index contributed by atoms with van der Waals surface area (Å²) in [4.78, 5) is 0. The molecule has 0 radical (unpaired) electrons. The van der Waals surface area contributed by atoms with Gasteiger partial charge in [-0.3, -0.25) is 0 Å². The van der Waals surface area contributed by atoms with Crippen LogP contribution >= 0.6 is 0 Å². The van der Waals surface area contributed by atoms with Crippen molar-refractivity contribution in [1.82, 2.24) is 14.5 Å². The molecule has 3 rings (SSSR count). The summed E-state index contributed by atoms with van der Waals surface area (Å²) in [5.41, 5.74) is -0.361. The van der Waals surface area contributed by atoms with Crippen LogP contribution < -0.4 is 10.0 Å². The highest BCUT2D eigenvalue weighted by molar-refractivity contribution is 7.90. The van der Waals surface area contributed by atoms with Gasteiger partial charge in [-0.05, 0) is 69.7 Å². The Bertz CT molecular complexity index is 935. The first kappa shape index (κ1) is 22.6. The summed E-state index contributed by atoms with van der Waals surface area (Å²) in [5, 5.41) is 6.54. The van der Waals surface area contributed by atoms with E-state index in [9.17, 15) is 21.6 Å². The van der Waals surface area contributed by atoms with E-state index >= 15 is 0 Å². The van der Waals surface area contributed by atoms with Crippen molar-refractivity contribution in [2.45, 2.75) is 57.0 Å². The smallest absolute Gasteiger partial charge is 0.385 e. The van der Waals surface area contributed by atoms with E-state index < -0.39 is 27.0 Å². The Labute approximate surface area is 174 Å². The third-order valence-electron chi connectivity index (χ3n) is 5.45. The van der Waals surface area contributed by atoms with Crippen LogP contribution in [0.25, 0.3) is 5.69 Å². The molecule has 0 aliphatic heterocycles. The number of nitrogens with one attached hydrogen (secondary N) is 2. The number of nitrogens with zero attached hydrogens (tertiary/aromatic N) is 2. The van der Waals surface area contributed by atoms with E-state index in [0.717, 1.165) is 31.7 Å². The van der Waals surface area contributed by atoms with Crippen LogP contribution in [0, 0.1) is 5.92 Å². The molecule has 1 heterocycles. The molecule has 0 saturated heterocycles. The van der Waals surface area contributed by atoms with Crippen molar-refractivity contribution >= 4 is 15.7 Å². The van der Waals surface area contributed by atoms with Crippen LogP contribution in [0.4, 0.5) is 18.9 Å². The normalized spacial score (nSPS) is 20.5. The predicted molar refractivity (Wildman–Crippen MR) is 110 cm³/mol. The van der Waals surface area contributed by atoms with Gasteiger partial charge in [-0.2, -0.15) is 18.3 Å². The lowest BCUT2D eigenvalue weighted by Crippen LogP contribution is -2.41. The van der Waals surface area contributed by atoms with E-state index in [-0.39, 0.29) is 17.6 Å². The molecule has 1 aliphatic rings. The number of anilines is 1. The zero-order chi connectivity index (χ0) is 21.9. The quantitative estimate of drug-likeness (QED) is 0.672. The van der Waals surface area contributed by atoms with Crippen molar-refractivity contribution in [3.05, 3.63) is 42.2 Å². The van der Waals surface area contributed by atoms with Gasteiger partial charge in [0.1, 0.15) is 0 Å². The summed E-state index contributed by atoms with van der Waals surface area (Å²) in [6, 6.07) is 5.65. The van der Waals surface area contributed by atoms with Gasteiger partial charge in [-0.25, -0.2) is 17.8 Å². The van der Waals surface area contributed by atoms with Gasteiger partial charge in [0.2, 0.25) is 10.0 Å². The number of alkyl halides is 3. The Kier molecular flexibility index (Phi) is 6.76. The summed E-state index contributed by atoms with van der Waals surface area (Å²) in [7, 11) is -3.29. The Balaban J connectivity index is 1.59. The van der Waals surface area contributed by atoms with Crippen molar-refractivity contribution < 1.29 is 21.6 Å². The maximum absolute atomic E-state index is 13.5. The van der Waals surface area contributed by atoms with Crippen molar-refractivity contribution in [2.75, 3.05) is 11.9 Å². The van der Waals surface area contributed by atoms with E-state index in [1.807, 2.05) is 0 Å². The largest absolute Gasteiger partial charge is 0.418 e. The molecular formula is C20H27F3N4O2S. The molecule has 2 aromatic rings. The van der Waals surface area contributed by atoms with Crippen LogP contribution in [0.3, 0.4) is 0 Å². The molecule has 1 aromatic heterocycles. The highest BCUT2D eigenvalue weighted by Crippen LogP contribution is 2.35. The Hall–Kier alpha value is -2.07. The molecule has 6 nitrogen and oxygen atoms in total. The monoisotopic (exact) mass is 444 g/mol. The van der Waals surface area contributed by atoms with E-state index in [1.54, 1.807) is 26.0 Å². The average Bonchev–Trinajstić information content (AvgIpc) is 3.21. The van der Waals surface area contributed by atoms with E-state index in [4.69, 9.17) is 0 Å². The van der Waals surface area contributed by atoms with Gasteiger partial charge >= 0.3 is 6.18 Å². The van der Waals surface area contributed by atoms with Crippen molar-refractivity contribution in [2.24, 2.45) is 5.92 Å². The minimum Gasteiger partial charge on any atom is -0.385 e. The van der Waals surface area contributed by atoms with Crippen molar-refractivity contribution in [3.63, 3.8) is 0 Å². The van der Waals surface area contributed by atoms with Crippen LogP contribution in [-0.2, 0) is 16.2 Å². The summed E-state index contributed by atoms with van der Waals surface area (Å²) < 4.78 is 68.5. The second-order valence-electron chi connectivity index (χ2n) is 7.99. The van der Waals surface area contributed by atoms with E-state index in [1.165, 1.54) is 23.1 Å². The lowest BCUT2D eigenvalue weighted by Gasteiger charge is -2.30. The molecule has 0 unspecified atom stereocenters. The van der Waals surface area contributed by atoms with Crippen LogP contribution in [0.2, 0.25) is 0 Å². The lowest BCUT2D eigenvalue weighted by atomic mass is 9.86. The predicted octanol–water partition coefficient (Wildman–Crippen LogP) is 4.19. The fraction of sp³-hybridized carbons (Fsp3) is 0.550. The molecule has 166 valence electrons. The maximum atomic E-state index is 13.5. The van der Waals surface area contributed by atoms with Crippen molar-refractivity contribution in [1.29, 1.82) is 0 Å². The molecule has 1 aliphatic carbocycles. The fourth-order valence-electron chi connectivity index (χ4n) is 3.60. The molecule has 10 heteroatoms. The van der Waals surface area contributed by atoms with Crippen LogP contribution in [0.1, 0.15) is 45.1 Å². The van der Waals surface area contributed by atoms with Gasteiger partial charge in [0.05, 0.1) is 16.5 Å². The molecule has 1 aromatic carbocycles. The van der Waals surface area contributed by atoms with E-state index in [2.05, 4.69) is 15.1 Å². The second kappa shape index (κ2) is 8.97. The van der Waals surface area contributed by atoms with Gasteiger partial charge < -0.3 is 5.32 Å². The number of benzene rings is 1. The number of halogens is 3. The Morgan fingerprint density at radius 2 is 1.90 bits per heavy atom. The summed E-state index contributed by atoms with van der Waals surface area (Å²) >= 11 is 0. The summed E-state index contributed by atoms with van der Waals surface area (Å²) in [5.74, 6) is 0.282. The van der Waals surface area contributed by atoms with E-state index in [0.29, 0.717) is 12.2 Å². The minimum atomic E-state index is -4.50. The highest BCUT2D eigenvalue weighted by Gasteiger charge is 2.34. The van der Waals surface area contributed by atoms with Gasteiger partial charge in [-0.15, -0.1) is 0 Å². The Morgan fingerprint density at radius 1 is 1.20 bits per heavy atom. The average molecular weight is 445 g/mol. The molecule has 1 fully saturated rings. The number of hydrogen-bond donors (Lipinski definition) is 2. The topological polar surface area (TPSA) is 76.0 Å². The Morgan fingerprint density at radius 3 is 2.47 bits per heavy atom. The first-order valence-corrected chi connectivity index (χ1v) is 11.6. The van der Waals surface area contributed by atoms with Crippen molar-refractivity contribution in [3.8, 4) is 5.69 Å². The van der Waals surface area contributed by atoms with Gasteiger partial charge in [0, 0.05) is 30.7 Å². The molecule has 0 bridgehead atoms. The number of aromatic nitrogens is 2. The lowest BCUT2D eigenvalue weighted by molar-refractivity contribution is -0.137. The molecule has 0 atom stereocenters. The fourth-order valence-corrected chi connectivity index (χ4v) is 4.57. The van der Waals surface area contributed by atoms with Crippen LogP contribution in [0.15, 0.2) is 36.7 Å². The standard InChI is InChI=1S/C20H27F3N4O2S/c1-14(2)30(28,29)26-16-6-4-15(5-7-16)13-24-17-8-9-19(27-11-3-10-25-27)18(12-17)20(21,22)23/h3,8-12,14-16,24,26H,4-7,13H2,1-2H3/t15-,16-. The maximum Gasteiger partial charge on any atom is 0.418 e. The molecule has 0 amide bonds. The number of hydrogen-bond acceptors (Lipinski definition) is 4. The highest BCUT2D eigenvalue weighted by atomic mass is 32.2. The van der Waals surface area contributed by atoms with Crippen LogP contribution in [-0.4, -0.2) is 36.0 Å². The molecule has 2 N–H and O–H groups in total. The molecule has 30 heavy (non-hydrogen) atoms. The van der Waals surface area contributed by atoms with Crippen LogP contribution in [0.5, 0.6) is 0 Å². The number of sulfonamides is 1. The number of rotatable bonds is 7. The zero-order valence-electron chi connectivity index (χ0n) is 17.0. The zero-order valence-corrected chi connectivity index (χ0v) is 17.8. The van der Waals surface area contributed by atoms with Gasteiger partial charge in [0.25, 0.3) is 0 Å². The first-order valence-electron chi connectivity index (χ1n) is 10.0. The molecule has 0 spiro atoms. The first-order chi connectivity index (χ1) is 14.1. The molecular weight excluding hydrogens is 417 g/mol.